The van der Waals surface area contributed by atoms with E-state index in [4.69, 9.17) is 5.73 Å². The van der Waals surface area contributed by atoms with Crippen molar-refractivity contribution in [1.29, 1.82) is 5.26 Å². The number of nitrogens with two attached hydrogens (primary N) is 1. The Balaban J connectivity index is 1.26. The smallest absolute Gasteiger partial charge is 0.102 e. The van der Waals surface area contributed by atoms with Crippen LogP contribution in [-0.4, -0.2) is 42.6 Å². The van der Waals surface area contributed by atoms with E-state index in [2.05, 4.69) is 39.1 Å². The third-order valence-electron chi connectivity index (χ3n) is 6.37. The van der Waals surface area contributed by atoms with Crippen LogP contribution in [0.5, 0.6) is 0 Å². The first-order chi connectivity index (χ1) is 15.7. The molecule has 2 aromatic carbocycles. The van der Waals surface area contributed by atoms with Crippen molar-refractivity contribution in [3.05, 3.63) is 77.6 Å². The normalized spacial score (nSPS) is 14.3. The molecule has 5 nitrogen and oxygen atoms in total. The number of rotatable bonds is 7. The second-order valence-electron chi connectivity index (χ2n) is 8.45. The molecule has 0 bridgehead atoms. The zero-order valence-corrected chi connectivity index (χ0v) is 18.8. The molecule has 3 aromatic rings. The average Bonchev–Trinajstić information content (AvgIpc) is 2.83. The fourth-order valence-corrected chi connectivity index (χ4v) is 4.49. The van der Waals surface area contributed by atoms with Crippen molar-refractivity contribution in [2.75, 3.05) is 43.4 Å². The van der Waals surface area contributed by atoms with Crippen LogP contribution >= 0.6 is 0 Å². The molecule has 1 fully saturated rings. The molecule has 164 valence electrons. The van der Waals surface area contributed by atoms with E-state index in [9.17, 15) is 5.26 Å². The number of anilines is 2. The molecule has 0 atom stereocenters. The predicted molar refractivity (Wildman–Crippen MR) is 132 cm³/mol. The van der Waals surface area contributed by atoms with Gasteiger partial charge < -0.3 is 10.6 Å². The number of hydrogen-bond donors (Lipinski definition) is 1. The summed E-state index contributed by atoms with van der Waals surface area (Å²) in [5.74, 6) is 0. The number of piperazine rings is 1. The maximum Gasteiger partial charge on any atom is 0.102 e. The summed E-state index contributed by atoms with van der Waals surface area (Å²) in [7, 11) is 0. The third kappa shape index (κ3) is 4.92. The molecule has 0 saturated carbocycles. The minimum atomic E-state index is 0.804. The number of pyridine rings is 1. The molecular weight excluding hydrogens is 394 g/mol. The highest BCUT2D eigenvalue weighted by Crippen LogP contribution is 2.28. The predicted octanol–water partition coefficient (Wildman–Crippen LogP) is 4.66. The van der Waals surface area contributed by atoms with Crippen LogP contribution in [0, 0.1) is 18.3 Å². The molecule has 5 heteroatoms. The van der Waals surface area contributed by atoms with Crippen molar-refractivity contribution in [2.24, 2.45) is 0 Å². The van der Waals surface area contributed by atoms with Crippen molar-refractivity contribution < 1.29 is 0 Å². The summed E-state index contributed by atoms with van der Waals surface area (Å²) in [6.45, 7) is 7.09. The Kier molecular flexibility index (Phi) is 7.03. The van der Waals surface area contributed by atoms with Crippen molar-refractivity contribution in [1.82, 2.24) is 9.88 Å². The fraction of sp³-hybridized carbons (Fsp3) is 0.333. The summed E-state index contributed by atoms with van der Waals surface area (Å²) in [5.41, 5.74) is 13.4. The Morgan fingerprint density at radius 3 is 2.50 bits per heavy atom. The lowest BCUT2D eigenvalue weighted by Gasteiger charge is -2.36. The average molecular weight is 426 g/mol. The van der Waals surface area contributed by atoms with Crippen LogP contribution in [0.15, 0.2) is 60.8 Å². The monoisotopic (exact) mass is 425 g/mol. The van der Waals surface area contributed by atoms with Gasteiger partial charge in [0.2, 0.25) is 0 Å². The van der Waals surface area contributed by atoms with Crippen LogP contribution in [0.25, 0.3) is 11.1 Å². The van der Waals surface area contributed by atoms with Crippen molar-refractivity contribution in [3.8, 4) is 17.2 Å². The van der Waals surface area contributed by atoms with Gasteiger partial charge in [-0.3, -0.25) is 9.88 Å². The highest BCUT2D eigenvalue weighted by molar-refractivity contribution is 5.77. The summed E-state index contributed by atoms with van der Waals surface area (Å²) in [6.07, 6.45) is 4.98. The van der Waals surface area contributed by atoms with Crippen LogP contribution in [-0.2, 0) is 6.42 Å². The summed E-state index contributed by atoms with van der Waals surface area (Å²) < 4.78 is 0. The van der Waals surface area contributed by atoms with Gasteiger partial charge in [0.25, 0.3) is 0 Å². The molecule has 4 rings (SSSR count). The van der Waals surface area contributed by atoms with E-state index in [1.54, 1.807) is 0 Å². The second kappa shape index (κ2) is 10.3. The molecule has 2 heterocycles. The molecule has 0 amide bonds. The molecule has 0 unspecified atom stereocenters. The Morgan fingerprint density at radius 2 is 1.75 bits per heavy atom. The van der Waals surface area contributed by atoms with Gasteiger partial charge in [-0.15, -0.1) is 0 Å². The number of aryl methyl sites for hydroxylation is 2. The fourth-order valence-electron chi connectivity index (χ4n) is 4.49. The van der Waals surface area contributed by atoms with Gasteiger partial charge in [0, 0.05) is 37.9 Å². The van der Waals surface area contributed by atoms with E-state index < -0.39 is 0 Å². The zero-order valence-electron chi connectivity index (χ0n) is 18.8. The van der Waals surface area contributed by atoms with E-state index in [1.807, 2.05) is 49.5 Å². The number of benzene rings is 2. The molecule has 0 aliphatic carbocycles. The number of nitriles is 1. The lowest BCUT2D eigenvalue weighted by Crippen LogP contribution is -2.46. The van der Waals surface area contributed by atoms with Crippen LogP contribution in [0.2, 0.25) is 0 Å². The number of hydrogen-bond acceptors (Lipinski definition) is 5. The summed E-state index contributed by atoms with van der Waals surface area (Å²) in [5, 5.41) is 9.52. The lowest BCUT2D eigenvalue weighted by molar-refractivity contribution is 0.253. The van der Waals surface area contributed by atoms with Gasteiger partial charge in [0.1, 0.15) is 6.07 Å². The second-order valence-corrected chi connectivity index (χ2v) is 8.45. The van der Waals surface area contributed by atoms with Gasteiger partial charge in [0.15, 0.2) is 0 Å². The van der Waals surface area contributed by atoms with Crippen LogP contribution in [0.3, 0.4) is 0 Å². The maximum atomic E-state index is 9.52. The summed E-state index contributed by atoms with van der Waals surface area (Å²) in [6, 6.07) is 20.8. The molecule has 32 heavy (non-hydrogen) atoms. The Morgan fingerprint density at radius 1 is 0.969 bits per heavy atom. The molecule has 0 radical (unpaired) electrons. The van der Waals surface area contributed by atoms with Gasteiger partial charge in [-0.1, -0.05) is 42.5 Å². The summed E-state index contributed by atoms with van der Waals surface area (Å²) >= 11 is 0. The topological polar surface area (TPSA) is 69.2 Å². The van der Waals surface area contributed by atoms with Crippen LogP contribution in [0.4, 0.5) is 11.4 Å². The SMILES string of the molecule is Cc1cccc(N2CCN(CCCCc3nccc(-c4ccccc4)c3N)CC2)c1C#N. The minimum absolute atomic E-state index is 0.804. The molecule has 2 N–H and O–H groups in total. The highest BCUT2D eigenvalue weighted by Gasteiger charge is 2.19. The third-order valence-corrected chi connectivity index (χ3v) is 6.37. The van der Waals surface area contributed by atoms with Crippen LogP contribution < -0.4 is 10.6 Å². The van der Waals surface area contributed by atoms with E-state index in [0.717, 1.165) is 91.3 Å². The van der Waals surface area contributed by atoms with E-state index >= 15 is 0 Å². The van der Waals surface area contributed by atoms with Gasteiger partial charge in [-0.2, -0.15) is 5.26 Å². The molecule has 1 saturated heterocycles. The highest BCUT2D eigenvalue weighted by atomic mass is 15.3. The molecular formula is C27H31N5. The first-order valence-electron chi connectivity index (χ1n) is 11.4. The van der Waals surface area contributed by atoms with Crippen molar-refractivity contribution in [3.63, 3.8) is 0 Å². The maximum absolute atomic E-state index is 9.52. The van der Waals surface area contributed by atoms with Gasteiger partial charge in [-0.05, 0) is 56.0 Å². The minimum Gasteiger partial charge on any atom is -0.397 e. The quantitative estimate of drug-likeness (QED) is 0.558. The van der Waals surface area contributed by atoms with Crippen molar-refractivity contribution in [2.45, 2.75) is 26.2 Å². The van der Waals surface area contributed by atoms with E-state index in [-0.39, 0.29) is 0 Å². The molecule has 1 aliphatic heterocycles. The number of unbranched alkanes of at least 4 members (excludes halogenated alkanes) is 1. The standard InChI is InChI=1S/C27H31N5/c1-21-8-7-12-26(24(21)20-28)32-18-16-31(17-19-32)15-6-5-11-25-27(29)23(13-14-30-25)22-9-3-2-4-10-22/h2-4,7-10,12-14H,5-6,11,15-19,29H2,1H3. The van der Waals surface area contributed by atoms with E-state index in [0.29, 0.717) is 0 Å². The number of aromatic nitrogens is 1. The Hall–Kier alpha value is -3.36. The van der Waals surface area contributed by atoms with E-state index in [1.165, 1.54) is 0 Å². The lowest BCUT2D eigenvalue weighted by atomic mass is 10.0. The summed E-state index contributed by atoms with van der Waals surface area (Å²) in [4.78, 5) is 9.42. The zero-order chi connectivity index (χ0) is 22.3. The van der Waals surface area contributed by atoms with Gasteiger partial charge in [0.05, 0.1) is 22.6 Å². The van der Waals surface area contributed by atoms with Crippen LogP contribution in [0.1, 0.15) is 29.7 Å². The largest absolute Gasteiger partial charge is 0.397 e. The Labute approximate surface area is 191 Å². The molecule has 0 spiro atoms. The molecule has 1 aromatic heterocycles. The first-order valence-corrected chi connectivity index (χ1v) is 11.4. The van der Waals surface area contributed by atoms with Crippen molar-refractivity contribution >= 4 is 11.4 Å². The molecule has 1 aliphatic rings. The van der Waals surface area contributed by atoms with Gasteiger partial charge >= 0.3 is 0 Å². The Bertz CT molecular complexity index is 1080. The van der Waals surface area contributed by atoms with Gasteiger partial charge in [-0.25, -0.2) is 0 Å². The first kappa shape index (κ1) is 21.9. The number of nitrogen functional groups attached to an aromatic ring is 1. The number of nitrogens with zero attached hydrogens (tertiary/aromatic N) is 4.